The highest BCUT2D eigenvalue weighted by Gasteiger charge is 2.56. The van der Waals surface area contributed by atoms with Gasteiger partial charge in [-0.3, -0.25) is 0 Å². The normalized spacial score (nSPS) is 31.8. The number of rotatable bonds is 4. The van der Waals surface area contributed by atoms with E-state index in [0.29, 0.717) is 11.9 Å². The van der Waals surface area contributed by atoms with Gasteiger partial charge < -0.3 is 13.8 Å². The highest BCUT2D eigenvalue weighted by Crippen LogP contribution is 2.47. The van der Waals surface area contributed by atoms with E-state index in [0.717, 1.165) is 31.5 Å². The van der Waals surface area contributed by atoms with Gasteiger partial charge in [0.1, 0.15) is 5.54 Å². The van der Waals surface area contributed by atoms with E-state index in [-0.39, 0.29) is 5.97 Å². The van der Waals surface area contributed by atoms with Gasteiger partial charge in [-0.25, -0.2) is 4.79 Å². The van der Waals surface area contributed by atoms with Crippen LogP contribution in [0, 0.1) is 0 Å². The summed E-state index contributed by atoms with van der Waals surface area (Å²) < 4.78 is 10.4. The Morgan fingerprint density at radius 3 is 3.12 bits per heavy atom. The van der Waals surface area contributed by atoms with Gasteiger partial charge in [0.05, 0.1) is 19.0 Å². The van der Waals surface area contributed by atoms with Crippen molar-refractivity contribution in [1.82, 2.24) is 4.90 Å². The number of fused-ring (bicyclic) bond motifs is 1. The molecule has 2 unspecified atom stereocenters. The molecule has 0 radical (unpaired) electrons. The molecule has 2 heterocycles. The smallest absolute Gasteiger partial charge is 0.332 e. The first-order valence-corrected chi connectivity index (χ1v) is 6.76. The fourth-order valence-corrected chi connectivity index (χ4v) is 3.67. The van der Waals surface area contributed by atoms with Crippen LogP contribution in [0.5, 0.6) is 0 Å². The molecule has 2 aliphatic heterocycles. The Bertz CT molecular complexity index is 334. The Morgan fingerprint density at radius 2 is 2.47 bits per heavy atom. The van der Waals surface area contributed by atoms with E-state index < -0.39 is 5.54 Å². The lowest BCUT2D eigenvalue weighted by Crippen LogP contribution is -2.46. The fraction of sp³-hybridized carbons (Fsp3) is 0.750. The van der Waals surface area contributed by atoms with Crippen LogP contribution in [0.4, 0.5) is 0 Å². The number of hydrogen-bond donors (Lipinski definition) is 0. The SMILES string of the molecule is C=C1CCC2(C(=O)OCC)CC(SOC)CN12. The molecule has 2 rings (SSSR count). The van der Waals surface area contributed by atoms with E-state index in [4.69, 9.17) is 8.92 Å². The largest absolute Gasteiger partial charge is 0.464 e. The van der Waals surface area contributed by atoms with Crippen molar-refractivity contribution in [3.05, 3.63) is 12.3 Å². The molecule has 0 bridgehead atoms. The second-order valence-electron chi connectivity index (χ2n) is 4.52. The van der Waals surface area contributed by atoms with E-state index in [9.17, 15) is 4.79 Å². The third-order valence-corrected chi connectivity index (χ3v) is 4.35. The Balaban J connectivity index is 2.17. The third-order valence-electron chi connectivity index (χ3n) is 3.56. The zero-order valence-corrected chi connectivity index (χ0v) is 11.2. The lowest BCUT2D eigenvalue weighted by atomic mass is 9.94. The second kappa shape index (κ2) is 4.90. The van der Waals surface area contributed by atoms with Crippen LogP contribution in [0.3, 0.4) is 0 Å². The highest BCUT2D eigenvalue weighted by molar-refractivity contribution is 7.95. The van der Waals surface area contributed by atoms with Crippen LogP contribution in [0.2, 0.25) is 0 Å². The summed E-state index contributed by atoms with van der Waals surface area (Å²) in [5.74, 6) is -0.0992. The van der Waals surface area contributed by atoms with Crippen molar-refractivity contribution < 1.29 is 13.7 Å². The summed E-state index contributed by atoms with van der Waals surface area (Å²) in [6.45, 7) is 7.16. The molecular weight excluding hydrogens is 238 g/mol. The maximum atomic E-state index is 12.2. The first-order chi connectivity index (χ1) is 8.14. The zero-order chi connectivity index (χ0) is 12.5. The molecular formula is C12H19NO3S. The Hall–Kier alpha value is -0.680. The third kappa shape index (κ3) is 2.06. The van der Waals surface area contributed by atoms with Gasteiger partial charge in [0, 0.05) is 12.2 Å². The Kier molecular flexibility index (Phi) is 3.68. The van der Waals surface area contributed by atoms with Crippen LogP contribution in [0.1, 0.15) is 26.2 Å². The summed E-state index contributed by atoms with van der Waals surface area (Å²) in [4.78, 5) is 14.3. The maximum Gasteiger partial charge on any atom is 0.332 e. The topological polar surface area (TPSA) is 38.8 Å². The number of esters is 1. The van der Waals surface area contributed by atoms with Crippen LogP contribution in [-0.4, -0.2) is 41.9 Å². The van der Waals surface area contributed by atoms with Gasteiger partial charge in [0.25, 0.3) is 0 Å². The fourth-order valence-electron chi connectivity index (χ4n) is 2.85. The van der Waals surface area contributed by atoms with Crippen molar-refractivity contribution >= 4 is 18.0 Å². The standard InChI is InChI=1S/C12H19NO3S/c1-4-16-11(14)12-6-5-9(2)13(12)8-10(7-12)17-15-3/h10H,2,4-8H2,1,3H3. The molecule has 96 valence electrons. The molecule has 5 heteroatoms. The summed E-state index contributed by atoms with van der Waals surface area (Å²) in [5.41, 5.74) is 0.584. The summed E-state index contributed by atoms with van der Waals surface area (Å²) in [6.07, 6.45) is 2.51. The average Bonchev–Trinajstić information content (AvgIpc) is 2.79. The van der Waals surface area contributed by atoms with Gasteiger partial charge in [-0.05, 0) is 38.2 Å². The summed E-state index contributed by atoms with van der Waals surface area (Å²) in [6, 6.07) is 0. The number of ether oxygens (including phenoxy) is 1. The molecule has 0 saturated carbocycles. The molecule has 2 saturated heterocycles. The predicted molar refractivity (Wildman–Crippen MR) is 67.4 cm³/mol. The molecule has 0 N–H and O–H groups in total. The molecule has 0 aliphatic carbocycles. The quantitative estimate of drug-likeness (QED) is 0.568. The molecule has 17 heavy (non-hydrogen) atoms. The predicted octanol–water partition coefficient (Wildman–Crippen LogP) is 1.96. The van der Waals surface area contributed by atoms with E-state index in [1.54, 1.807) is 7.11 Å². The van der Waals surface area contributed by atoms with Crippen LogP contribution in [-0.2, 0) is 13.7 Å². The highest BCUT2D eigenvalue weighted by atomic mass is 32.2. The van der Waals surface area contributed by atoms with E-state index in [1.165, 1.54) is 12.0 Å². The monoisotopic (exact) mass is 257 g/mol. The van der Waals surface area contributed by atoms with Crippen molar-refractivity contribution in [2.24, 2.45) is 0 Å². The van der Waals surface area contributed by atoms with Gasteiger partial charge in [0.15, 0.2) is 0 Å². The van der Waals surface area contributed by atoms with Crippen molar-refractivity contribution in [2.45, 2.75) is 37.0 Å². The van der Waals surface area contributed by atoms with Crippen LogP contribution >= 0.6 is 12.0 Å². The van der Waals surface area contributed by atoms with Crippen molar-refractivity contribution in [2.75, 3.05) is 20.3 Å². The molecule has 0 aromatic carbocycles. The molecule has 0 spiro atoms. The zero-order valence-electron chi connectivity index (χ0n) is 10.4. The summed E-state index contributed by atoms with van der Waals surface area (Å²) >= 11 is 1.44. The second-order valence-corrected chi connectivity index (χ2v) is 5.71. The average molecular weight is 257 g/mol. The van der Waals surface area contributed by atoms with Gasteiger partial charge in [-0.1, -0.05) is 6.58 Å². The molecule has 0 amide bonds. The summed E-state index contributed by atoms with van der Waals surface area (Å²) in [7, 11) is 1.67. The van der Waals surface area contributed by atoms with Crippen LogP contribution < -0.4 is 0 Å². The minimum absolute atomic E-state index is 0.0992. The van der Waals surface area contributed by atoms with Crippen LogP contribution in [0.25, 0.3) is 0 Å². The first kappa shape index (κ1) is 12.8. The lowest BCUT2D eigenvalue weighted by Gasteiger charge is -2.30. The van der Waals surface area contributed by atoms with Gasteiger partial charge >= 0.3 is 5.97 Å². The van der Waals surface area contributed by atoms with Crippen molar-refractivity contribution in [1.29, 1.82) is 0 Å². The molecule has 0 aromatic heterocycles. The van der Waals surface area contributed by atoms with E-state index >= 15 is 0 Å². The maximum absolute atomic E-state index is 12.2. The number of allylic oxidation sites excluding steroid dienone is 1. The van der Waals surface area contributed by atoms with Gasteiger partial charge in [-0.2, -0.15) is 0 Å². The minimum Gasteiger partial charge on any atom is -0.464 e. The lowest BCUT2D eigenvalue weighted by molar-refractivity contribution is -0.153. The molecule has 2 aliphatic rings. The number of carbonyl (C=O) groups is 1. The number of nitrogens with zero attached hydrogens (tertiary/aromatic N) is 1. The molecule has 0 aromatic rings. The number of hydrogen-bond acceptors (Lipinski definition) is 5. The van der Waals surface area contributed by atoms with Crippen molar-refractivity contribution in [3.63, 3.8) is 0 Å². The molecule has 4 nitrogen and oxygen atoms in total. The first-order valence-electron chi connectivity index (χ1n) is 5.96. The minimum atomic E-state index is -0.469. The van der Waals surface area contributed by atoms with Gasteiger partial charge in [-0.15, -0.1) is 0 Å². The molecule has 2 atom stereocenters. The van der Waals surface area contributed by atoms with E-state index in [2.05, 4.69) is 11.5 Å². The van der Waals surface area contributed by atoms with Crippen LogP contribution in [0.15, 0.2) is 12.3 Å². The van der Waals surface area contributed by atoms with E-state index in [1.807, 2.05) is 6.92 Å². The number of carbonyl (C=O) groups excluding carboxylic acids is 1. The molecule has 2 fully saturated rings. The van der Waals surface area contributed by atoms with Gasteiger partial charge in [0.2, 0.25) is 0 Å². The summed E-state index contributed by atoms with van der Waals surface area (Å²) in [5, 5.41) is 0.321. The van der Waals surface area contributed by atoms with Crippen molar-refractivity contribution in [3.8, 4) is 0 Å². The Labute approximate surface area is 107 Å². The Morgan fingerprint density at radius 1 is 1.71 bits per heavy atom.